The molecule has 0 bridgehead atoms. The topological polar surface area (TPSA) is 121 Å². The highest BCUT2D eigenvalue weighted by Crippen LogP contribution is 2.34. The van der Waals surface area contributed by atoms with Gasteiger partial charge in [0.2, 0.25) is 5.91 Å². The lowest BCUT2D eigenvalue weighted by molar-refractivity contribution is -0.134. The van der Waals surface area contributed by atoms with Crippen LogP contribution in [-0.2, 0) is 16.1 Å². The largest absolute Gasteiger partial charge is 0.382 e. The van der Waals surface area contributed by atoms with E-state index in [-0.39, 0.29) is 30.0 Å². The molecule has 10 heteroatoms. The lowest BCUT2D eigenvalue weighted by Crippen LogP contribution is -2.32. The van der Waals surface area contributed by atoms with Crippen molar-refractivity contribution in [3.05, 3.63) is 78.4 Å². The fourth-order valence-electron chi connectivity index (χ4n) is 5.17. The van der Waals surface area contributed by atoms with Crippen LogP contribution in [0.3, 0.4) is 0 Å². The summed E-state index contributed by atoms with van der Waals surface area (Å²) in [6.07, 6.45) is 3.95. The summed E-state index contributed by atoms with van der Waals surface area (Å²) >= 11 is 0. The molecular formula is C28H27N7O3. The summed E-state index contributed by atoms with van der Waals surface area (Å²) in [6, 6.07) is 18.0. The maximum atomic E-state index is 13.6. The number of rotatable bonds is 7. The maximum absolute atomic E-state index is 13.6. The summed E-state index contributed by atoms with van der Waals surface area (Å²) in [6.45, 7) is 1.56. The molecule has 192 valence electrons. The zero-order valence-electron chi connectivity index (χ0n) is 20.9. The Morgan fingerprint density at radius 1 is 1.13 bits per heavy atom. The van der Waals surface area contributed by atoms with Crippen molar-refractivity contribution in [3.63, 3.8) is 0 Å². The van der Waals surface area contributed by atoms with Crippen LogP contribution in [-0.4, -0.2) is 67.8 Å². The number of ketones is 1. The lowest BCUT2D eigenvalue weighted by Gasteiger charge is -2.15. The number of carbonyl (C=O) groups excluding carboxylic acids is 2. The first-order valence-corrected chi connectivity index (χ1v) is 12.5. The Balaban J connectivity index is 1.35. The number of nitrogen functional groups attached to an aromatic ring is 1. The molecular weight excluding hydrogens is 482 g/mol. The lowest BCUT2D eigenvalue weighted by atomic mass is 9.99. The van der Waals surface area contributed by atoms with Crippen LogP contribution in [0.5, 0.6) is 0 Å². The number of amides is 1. The van der Waals surface area contributed by atoms with E-state index in [1.807, 2.05) is 53.3 Å². The Hall–Kier alpha value is -4.57. The summed E-state index contributed by atoms with van der Waals surface area (Å²) in [5, 5.41) is 10.2. The van der Waals surface area contributed by atoms with Crippen molar-refractivity contribution in [1.29, 1.82) is 0 Å². The SMILES string of the molecule is COCC(=O)N1CCC(C(=O)c2cc(-c3ccc4cn(Cc5ccccc5)nc4c3)c3c(N)ncnn23)C1. The zero-order valence-corrected chi connectivity index (χ0v) is 20.9. The molecule has 1 saturated heterocycles. The van der Waals surface area contributed by atoms with Crippen molar-refractivity contribution in [3.8, 4) is 11.1 Å². The molecule has 1 unspecified atom stereocenters. The Bertz CT molecular complexity index is 1660. The van der Waals surface area contributed by atoms with Gasteiger partial charge in [0.1, 0.15) is 24.1 Å². The third-order valence-electron chi connectivity index (χ3n) is 7.07. The minimum absolute atomic E-state index is 0.00641. The molecule has 2 N–H and O–H groups in total. The standard InChI is InChI=1S/C28H27N7O3/c1-38-16-25(36)33-10-9-21(14-33)27(37)24-12-22(26-28(29)30-17-31-35(24)26)19-7-8-20-15-34(32-23(20)11-19)13-18-5-3-2-4-6-18/h2-8,11-12,15,17,21H,9-10,13-14,16H2,1H3,(H2,29,30,31). The molecule has 3 aromatic heterocycles. The van der Waals surface area contributed by atoms with E-state index in [9.17, 15) is 9.59 Å². The van der Waals surface area contributed by atoms with Crippen molar-refractivity contribution in [1.82, 2.24) is 29.3 Å². The predicted octanol–water partition coefficient (Wildman–Crippen LogP) is 3.05. The summed E-state index contributed by atoms with van der Waals surface area (Å²) < 4.78 is 8.45. The van der Waals surface area contributed by atoms with Crippen LogP contribution < -0.4 is 5.73 Å². The van der Waals surface area contributed by atoms with Crippen molar-refractivity contribution >= 4 is 33.9 Å². The van der Waals surface area contributed by atoms with Crippen LogP contribution >= 0.6 is 0 Å². The predicted molar refractivity (Wildman–Crippen MR) is 143 cm³/mol. The summed E-state index contributed by atoms with van der Waals surface area (Å²) in [7, 11) is 1.49. The molecule has 1 atom stereocenters. The second-order valence-corrected chi connectivity index (χ2v) is 9.56. The molecule has 0 aliphatic carbocycles. The van der Waals surface area contributed by atoms with E-state index < -0.39 is 0 Å². The van der Waals surface area contributed by atoms with Gasteiger partial charge in [-0.25, -0.2) is 9.50 Å². The van der Waals surface area contributed by atoms with Crippen molar-refractivity contribution in [2.75, 3.05) is 32.5 Å². The second-order valence-electron chi connectivity index (χ2n) is 9.56. The van der Waals surface area contributed by atoms with E-state index in [0.29, 0.717) is 37.3 Å². The molecule has 6 rings (SSSR count). The van der Waals surface area contributed by atoms with Gasteiger partial charge < -0.3 is 15.4 Å². The number of aromatic nitrogens is 5. The molecule has 1 aliphatic rings. The fourth-order valence-corrected chi connectivity index (χ4v) is 5.17. The van der Waals surface area contributed by atoms with Gasteiger partial charge in [-0.3, -0.25) is 14.3 Å². The normalized spacial score (nSPS) is 15.5. The number of anilines is 1. The quantitative estimate of drug-likeness (QED) is 0.335. The van der Waals surface area contributed by atoms with Gasteiger partial charge in [0.05, 0.1) is 12.1 Å². The van der Waals surface area contributed by atoms with Gasteiger partial charge in [0.25, 0.3) is 0 Å². The molecule has 38 heavy (non-hydrogen) atoms. The molecule has 0 radical (unpaired) electrons. The summed E-state index contributed by atoms with van der Waals surface area (Å²) in [4.78, 5) is 31.7. The van der Waals surface area contributed by atoms with Crippen LogP contribution in [0.25, 0.3) is 27.5 Å². The molecule has 1 aliphatic heterocycles. The van der Waals surface area contributed by atoms with Crippen molar-refractivity contribution < 1.29 is 14.3 Å². The average Bonchev–Trinajstić information content (AvgIpc) is 3.66. The van der Waals surface area contributed by atoms with E-state index in [4.69, 9.17) is 15.6 Å². The molecule has 0 saturated carbocycles. The summed E-state index contributed by atoms with van der Waals surface area (Å²) in [5.74, 6) is -0.235. The maximum Gasteiger partial charge on any atom is 0.248 e. The van der Waals surface area contributed by atoms with Gasteiger partial charge in [0.15, 0.2) is 11.6 Å². The van der Waals surface area contributed by atoms with E-state index in [2.05, 4.69) is 22.2 Å². The Labute approximate surface area is 218 Å². The number of Topliss-reactive ketones (excluding diaryl/α,β-unsaturated/α-hetero) is 1. The van der Waals surface area contributed by atoms with Crippen LogP contribution in [0.4, 0.5) is 5.82 Å². The van der Waals surface area contributed by atoms with Crippen molar-refractivity contribution in [2.24, 2.45) is 5.92 Å². The number of likely N-dealkylation sites (tertiary alicyclic amines) is 1. The van der Waals surface area contributed by atoms with Crippen molar-refractivity contribution in [2.45, 2.75) is 13.0 Å². The Morgan fingerprint density at radius 3 is 2.79 bits per heavy atom. The number of ether oxygens (including phenoxy) is 1. The number of hydrogen-bond donors (Lipinski definition) is 1. The van der Waals surface area contributed by atoms with Gasteiger partial charge in [-0.15, -0.1) is 0 Å². The third kappa shape index (κ3) is 4.28. The molecule has 0 spiro atoms. The minimum Gasteiger partial charge on any atom is -0.382 e. The summed E-state index contributed by atoms with van der Waals surface area (Å²) in [5.41, 5.74) is 10.9. The first-order valence-electron chi connectivity index (χ1n) is 12.5. The molecule has 2 aromatic carbocycles. The molecule has 1 fully saturated rings. The highest BCUT2D eigenvalue weighted by Gasteiger charge is 2.33. The molecule has 10 nitrogen and oxygen atoms in total. The smallest absolute Gasteiger partial charge is 0.248 e. The number of benzene rings is 2. The van der Waals surface area contributed by atoms with Crippen LogP contribution in [0.2, 0.25) is 0 Å². The number of carbonyl (C=O) groups is 2. The number of nitrogens with two attached hydrogens (primary N) is 1. The number of nitrogens with zero attached hydrogens (tertiary/aromatic N) is 6. The molecule has 4 heterocycles. The molecule has 1 amide bonds. The first-order chi connectivity index (χ1) is 18.5. The number of hydrogen-bond acceptors (Lipinski definition) is 7. The van der Waals surface area contributed by atoms with Gasteiger partial charge in [-0.1, -0.05) is 42.5 Å². The second kappa shape index (κ2) is 9.71. The highest BCUT2D eigenvalue weighted by molar-refractivity contribution is 6.03. The Morgan fingerprint density at radius 2 is 1.97 bits per heavy atom. The van der Waals surface area contributed by atoms with E-state index in [0.717, 1.165) is 22.0 Å². The highest BCUT2D eigenvalue weighted by atomic mass is 16.5. The van der Waals surface area contributed by atoms with Gasteiger partial charge >= 0.3 is 0 Å². The monoisotopic (exact) mass is 509 g/mol. The number of fused-ring (bicyclic) bond motifs is 2. The van der Waals surface area contributed by atoms with E-state index in [1.165, 1.54) is 19.0 Å². The molecule has 5 aromatic rings. The average molecular weight is 510 g/mol. The van der Waals surface area contributed by atoms with Gasteiger partial charge in [-0.05, 0) is 29.7 Å². The van der Waals surface area contributed by atoms with Gasteiger partial charge in [-0.2, -0.15) is 10.2 Å². The number of methoxy groups -OCH3 is 1. The minimum atomic E-state index is -0.325. The van der Waals surface area contributed by atoms with Crippen LogP contribution in [0.1, 0.15) is 22.5 Å². The van der Waals surface area contributed by atoms with E-state index in [1.54, 1.807) is 9.42 Å². The first kappa shape index (κ1) is 23.8. The van der Waals surface area contributed by atoms with Crippen LogP contribution in [0, 0.1) is 5.92 Å². The van der Waals surface area contributed by atoms with E-state index >= 15 is 0 Å². The fraction of sp³-hybridized carbons (Fsp3) is 0.250. The zero-order chi connectivity index (χ0) is 26.2. The third-order valence-corrected chi connectivity index (χ3v) is 7.07. The Kier molecular flexibility index (Phi) is 6.09. The van der Waals surface area contributed by atoms with Crippen LogP contribution in [0.15, 0.2) is 67.1 Å². The van der Waals surface area contributed by atoms with Gasteiger partial charge in [0, 0.05) is 43.3 Å².